The van der Waals surface area contributed by atoms with E-state index in [1.165, 1.54) is 19.4 Å². The average molecular weight is 254 g/mol. The minimum absolute atomic E-state index is 0.0000650. The summed E-state index contributed by atoms with van der Waals surface area (Å²) in [7, 11) is 4.19. The van der Waals surface area contributed by atoms with Gasteiger partial charge in [-0.3, -0.25) is 9.69 Å². The molecule has 0 saturated carbocycles. The first-order chi connectivity index (χ1) is 8.66. The summed E-state index contributed by atoms with van der Waals surface area (Å²) in [5, 5.41) is 6.41. The van der Waals surface area contributed by atoms with Gasteiger partial charge in [-0.25, -0.2) is 0 Å². The van der Waals surface area contributed by atoms with Crippen molar-refractivity contribution in [3.05, 3.63) is 0 Å². The number of piperazine rings is 1. The van der Waals surface area contributed by atoms with Gasteiger partial charge in [-0.1, -0.05) is 0 Å². The van der Waals surface area contributed by atoms with Crippen LogP contribution in [-0.2, 0) is 4.79 Å². The summed E-state index contributed by atoms with van der Waals surface area (Å²) in [4.78, 5) is 16.6. The van der Waals surface area contributed by atoms with Crippen molar-refractivity contribution in [2.24, 2.45) is 5.92 Å². The lowest BCUT2D eigenvalue weighted by Crippen LogP contribution is -2.57. The largest absolute Gasteiger partial charge is 0.354 e. The van der Waals surface area contributed by atoms with Gasteiger partial charge in [-0.05, 0) is 39.4 Å². The first-order valence-electron chi connectivity index (χ1n) is 7.04. The molecular weight excluding hydrogens is 228 g/mol. The van der Waals surface area contributed by atoms with Gasteiger partial charge in [-0.15, -0.1) is 0 Å². The molecule has 2 heterocycles. The molecule has 2 fully saturated rings. The second-order valence-corrected chi connectivity index (χ2v) is 5.72. The molecule has 1 amide bonds. The van der Waals surface area contributed by atoms with Gasteiger partial charge in [-0.2, -0.15) is 0 Å². The van der Waals surface area contributed by atoms with Crippen LogP contribution in [0.2, 0.25) is 0 Å². The van der Waals surface area contributed by atoms with Gasteiger partial charge in [0.2, 0.25) is 5.91 Å². The van der Waals surface area contributed by atoms with Crippen LogP contribution in [0.3, 0.4) is 0 Å². The highest BCUT2D eigenvalue weighted by atomic mass is 16.2. The number of amides is 1. The number of likely N-dealkylation sites (tertiary alicyclic amines) is 1. The molecule has 0 bridgehead atoms. The first-order valence-corrected chi connectivity index (χ1v) is 7.04. The number of hydrogen-bond acceptors (Lipinski definition) is 4. The third-order valence-corrected chi connectivity index (χ3v) is 4.10. The van der Waals surface area contributed by atoms with Crippen LogP contribution in [0.15, 0.2) is 0 Å². The predicted molar refractivity (Wildman–Crippen MR) is 72.5 cm³/mol. The molecule has 2 atom stereocenters. The Morgan fingerprint density at radius 1 is 1.39 bits per heavy atom. The van der Waals surface area contributed by atoms with Crippen LogP contribution in [0.4, 0.5) is 0 Å². The first kappa shape index (κ1) is 13.8. The van der Waals surface area contributed by atoms with Crippen LogP contribution in [0, 0.1) is 5.92 Å². The maximum Gasteiger partial charge on any atom is 0.238 e. The van der Waals surface area contributed by atoms with Crippen LogP contribution in [-0.4, -0.2) is 75.1 Å². The van der Waals surface area contributed by atoms with Crippen LogP contribution < -0.4 is 10.6 Å². The number of nitrogens with zero attached hydrogens (tertiary/aromatic N) is 2. The Morgan fingerprint density at radius 2 is 2.22 bits per heavy atom. The van der Waals surface area contributed by atoms with Gasteiger partial charge >= 0.3 is 0 Å². The quantitative estimate of drug-likeness (QED) is 0.702. The summed E-state index contributed by atoms with van der Waals surface area (Å²) in [6, 6.07) is 0.0000650. The van der Waals surface area contributed by atoms with Crippen LogP contribution in [0.5, 0.6) is 0 Å². The van der Waals surface area contributed by atoms with E-state index in [9.17, 15) is 4.79 Å². The Hall–Kier alpha value is -0.650. The molecule has 2 N–H and O–H groups in total. The van der Waals surface area contributed by atoms with E-state index in [0.29, 0.717) is 5.92 Å². The molecule has 2 aliphatic rings. The maximum atomic E-state index is 12.1. The molecule has 0 spiro atoms. The second kappa shape index (κ2) is 6.50. The second-order valence-electron chi connectivity index (χ2n) is 5.72. The number of piperidine rings is 1. The Labute approximate surface area is 110 Å². The van der Waals surface area contributed by atoms with Gasteiger partial charge in [0.25, 0.3) is 0 Å². The summed E-state index contributed by atoms with van der Waals surface area (Å²) in [6.45, 7) is 5.83. The molecule has 0 aliphatic carbocycles. The van der Waals surface area contributed by atoms with Crippen molar-refractivity contribution >= 4 is 5.91 Å². The number of nitrogens with one attached hydrogen (secondary N) is 2. The topological polar surface area (TPSA) is 47.6 Å². The molecular formula is C13H26N4O. The van der Waals surface area contributed by atoms with E-state index < -0.39 is 0 Å². The van der Waals surface area contributed by atoms with E-state index in [4.69, 9.17) is 0 Å². The average Bonchev–Trinajstić information content (AvgIpc) is 2.37. The fourth-order valence-corrected chi connectivity index (χ4v) is 2.90. The summed E-state index contributed by atoms with van der Waals surface area (Å²) in [6.07, 6.45) is 2.49. The fourth-order valence-electron chi connectivity index (χ4n) is 2.90. The molecule has 5 heteroatoms. The smallest absolute Gasteiger partial charge is 0.238 e. The number of carbonyl (C=O) groups excluding carboxylic acids is 1. The fraction of sp³-hybridized carbons (Fsp3) is 0.923. The molecule has 0 aromatic heterocycles. The van der Waals surface area contributed by atoms with E-state index in [0.717, 1.165) is 32.7 Å². The van der Waals surface area contributed by atoms with Crippen molar-refractivity contribution in [3.63, 3.8) is 0 Å². The number of rotatable bonds is 3. The molecule has 0 aromatic carbocycles. The van der Waals surface area contributed by atoms with Crippen molar-refractivity contribution in [3.8, 4) is 0 Å². The highest BCUT2D eigenvalue weighted by molar-refractivity contribution is 5.82. The molecule has 5 nitrogen and oxygen atoms in total. The third-order valence-electron chi connectivity index (χ3n) is 4.10. The molecule has 2 unspecified atom stereocenters. The molecule has 2 rings (SSSR count). The van der Waals surface area contributed by atoms with Gasteiger partial charge in [0.05, 0.1) is 0 Å². The summed E-state index contributed by atoms with van der Waals surface area (Å²) >= 11 is 0. The SMILES string of the molecule is CN1CCCC(CNC(=O)C2CNCCN2C)C1. The van der Waals surface area contributed by atoms with E-state index >= 15 is 0 Å². The summed E-state index contributed by atoms with van der Waals surface area (Å²) in [5.41, 5.74) is 0. The lowest BCUT2D eigenvalue weighted by atomic mass is 9.98. The predicted octanol–water partition coefficient (Wildman–Crippen LogP) is -0.652. The Kier molecular flexibility index (Phi) is 4.97. The summed E-state index contributed by atoms with van der Waals surface area (Å²) < 4.78 is 0. The number of carbonyl (C=O) groups is 1. The zero-order chi connectivity index (χ0) is 13.0. The van der Waals surface area contributed by atoms with E-state index in [2.05, 4.69) is 27.5 Å². The van der Waals surface area contributed by atoms with Crippen molar-refractivity contribution in [2.45, 2.75) is 18.9 Å². The number of hydrogen-bond donors (Lipinski definition) is 2. The van der Waals surface area contributed by atoms with Crippen LogP contribution in [0.1, 0.15) is 12.8 Å². The molecule has 0 aromatic rings. The lowest BCUT2D eigenvalue weighted by molar-refractivity contribution is -0.126. The molecule has 0 radical (unpaired) electrons. The van der Waals surface area contributed by atoms with Gasteiger partial charge in [0.15, 0.2) is 0 Å². The Balaban J connectivity index is 1.73. The van der Waals surface area contributed by atoms with Gasteiger partial charge in [0, 0.05) is 32.7 Å². The highest BCUT2D eigenvalue weighted by Gasteiger charge is 2.26. The zero-order valence-corrected chi connectivity index (χ0v) is 11.6. The van der Waals surface area contributed by atoms with E-state index in [1.807, 2.05) is 7.05 Å². The van der Waals surface area contributed by atoms with Crippen molar-refractivity contribution < 1.29 is 4.79 Å². The van der Waals surface area contributed by atoms with Crippen molar-refractivity contribution in [1.82, 2.24) is 20.4 Å². The monoisotopic (exact) mass is 254 g/mol. The normalized spacial score (nSPS) is 31.2. The Bertz CT molecular complexity index is 284. The number of likely N-dealkylation sites (N-methyl/N-ethyl adjacent to an activating group) is 1. The highest BCUT2D eigenvalue weighted by Crippen LogP contribution is 2.14. The summed E-state index contributed by atoms with van der Waals surface area (Å²) in [5.74, 6) is 0.799. The maximum absolute atomic E-state index is 12.1. The lowest BCUT2D eigenvalue weighted by Gasteiger charge is -2.33. The van der Waals surface area contributed by atoms with Gasteiger partial charge < -0.3 is 15.5 Å². The van der Waals surface area contributed by atoms with E-state index in [1.54, 1.807) is 0 Å². The van der Waals surface area contributed by atoms with Gasteiger partial charge in [0.1, 0.15) is 6.04 Å². The molecule has 2 saturated heterocycles. The molecule has 104 valence electrons. The Morgan fingerprint density at radius 3 is 2.94 bits per heavy atom. The van der Waals surface area contributed by atoms with Crippen molar-refractivity contribution in [1.29, 1.82) is 0 Å². The molecule has 18 heavy (non-hydrogen) atoms. The minimum atomic E-state index is 0.0000650. The standard InChI is InChI=1S/C13H26N4O/c1-16-6-3-4-11(10-16)8-15-13(18)12-9-14-5-7-17(12)2/h11-12,14H,3-10H2,1-2H3,(H,15,18). The van der Waals surface area contributed by atoms with Crippen molar-refractivity contribution in [2.75, 3.05) is 53.4 Å². The van der Waals surface area contributed by atoms with Crippen LogP contribution >= 0.6 is 0 Å². The van der Waals surface area contributed by atoms with Crippen LogP contribution in [0.25, 0.3) is 0 Å². The zero-order valence-electron chi connectivity index (χ0n) is 11.6. The van der Waals surface area contributed by atoms with E-state index in [-0.39, 0.29) is 11.9 Å². The minimum Gasteiger partial charge on any atom is -0.354 e. The molecule has 2 aliphatic heterocycles. The third kappa shape index (κ3) is 3.67.